The number of ketones is 2. The Labute approximate surface area is 210 Å². The van der Waals surface area contributed by atoms with Crippen molar-refractivity contribution < 1.29 is 62.3 Å². The Morgan fingerprint density at radius 2 is 1.30 bits per heavy atom. The van der Waals surface area contributed by atoms with Crippen molar-refractivity contribution in [3.05, 3.63) is 46.9 Å². The normalized spacial score (nSPS) is 25.0. The zero-order chi connectivity index (χ0) is 27.4. The maximum Gasteiger partial charge on any atom is 0.303 e. The molecule has 5 atom stereocenters. The molecule has 0 spiro atoms. The van der Waals surface area contributed by atoms with E-state index in [2.05, 4.69) is 0 Å². The molecule has 1 fully saturated rings. The van der Waals surface area contributed by atoms with Gasteiger partial charge < -0.3 is 33.5 Å². The summed E-state index contributed by atoms with van der Waals surface area (Å²) in [7, 11) is 0. The molecule has 1 aromatic carbocycles. The summed E-state index contributed by atoms with van der Waals surface area (Å²) in [6.45, 7) is 3.70. The molecule has 1 N–H and O–H groups in total. The molecule has 1 aliphatic heterocycles. The Morgan fingerprint density at radius 1 is 0.784 bits per heavy atom. The third-order valence-corrected chi connectivity index (χ3v) is 5.23. The highest BCUT2D eigenvalue weighted by Gasteiger charge is 2.54. The maximum atomic E-state index is 13.1. The van der Waals surface area contributed by atoms with Crippen molar-refractivity contribution in [2.24, 2.45) is 0 Å². The van der Waals surface area contributed by atoms with Crippen LogP contribution in [-0.4, -0.2) is 77.9 Å². The fourth-order valence-corrected chi connectivity index (χ4v) is 3.85. The number of rotatable bonds is 7. The summed E-state index contributed by atoms with van der Waals surface area (Å²) in [6.07, 6.45) is -7.80. The molecule has 1 saturated heterocycles. The average Bonchev–Trinajstić information content (AvgIpc) is 2.81. The number of ether oxygens (including phenoxy) is 6. The number of Topliss-reactive ketones (excluding diaryl/α,β-unsaturated/α-hetero) is 2. The quantitative estimate of drug-likeness (QED) is 0.397. The van der Waals surface area contributed by atoms with Gasteiger partial charge in [-0.15, -0.1) is 0 Å². The topological polar surface area (TPSA) is 178 Å². The van der Waals surface area contributed by atoms with Gasteiger partial charge in [0.1, 0.15) is 12.7 Å². The lowest BCUT2D eigenvalue weighted by Gasteiger charge is -2.44. The first-order valence-electron chi connectivity index (χ1n) is 11.0. The molecule has 3 rings (SSSR count). The van der Waals surface area contributed by atoms with Crippen molar-refractivity contribution in [2.75, 3.05) is 6.61 Å². The Kier molecular flexibility index (Phi) is 8.28. The Morgan fingerprint density at radius 3 is 1.84 bits per heavy atom. The standard InChI is InChI=1S/C24H24O13/c1-10(25)32-9-16-20(33-11(2)26)22(34-12(3)27)23(35-13(4)28)24(36-16)37-21-18(30)15-8-6-5-7-14(15)17(29)19(21)31/h5-8,16,20,22-24,31H,9H2,1-4H3/t16-,20-,22+,23-,24+/m1/s1. The Hall–Kier alpha value is -4.26. The third kappa shape index (κ3) is 6.12. The molecule has 0 radical (unpaired) electrons. The highest BCUT2D eigenvalue weighted by molar-refractivity contribution is 6.25. The van der Waals surface area contributed by atoms with Gasteiger partial charge in [-0.25, -0.2) is 0 Å². The van der Waals surface area contributed by atoms with Gasteiger partial charge in [0.15, 0.2) is 12.2 Å². The summed E-state index contributed by atoms with van der Waals surface area (Å²) in [5, 5.41) is 10.5. The number of benzene rings is 1. The zero-order valence-corrected chi connectivity index (χ0v) is 20.2. The lowest BCUT2D eigenvalue weighted by atomic mass is 9.92. The van der Waals surface area contributed by atoms with E-state index in [0.29, 0.717) is 0 Å². The largest absolute Gasteiger partial charge is 0.501 e. The van der Waals surface area contributed by atoms with E-state index in [0.717, 1.165) is 27.7 Å². The van der Waals surface area contributed by atoms with Crippen LogP contribution in [-0.2, 0) is 47.6 Å². The Bertz CT molecular complexity index is 1170. The first kappa shape index (κ1) is 27.3. The van der Waals surface area contributed by atoms with E-state index in [-0.39, 0.29) is 11.1 Å². The van der Waals surface area contributed by atoms with Crippen molar-refractivity contribution in [3.8, 4) is 0 Å². The number of allylic oxidation sites excluding steroid dienone is 2. The smallest absolute Gasteiger partial charge is 0.303 e. The van der Waals surface area contributed by atoms with Gasteiger partial charge in [-0.05, 0) is 0 Å². The van der Waals surface area contributed by atoms with Gasteiger partial charge in [0.05, 0.1) is 0 Å². The van der Waals surface area contributed by atoms with Crippen LogP contribution in [0.2, 0.25) is 0 Å². The minimum atomic E-state index is -1.79. The second-order valence-electron chi connectivity index (χ2n) is 8.07. The molecule has 0 bridgehead atoms. The fraction of sp³-hybridized carbons (Fsp3) is 0.417. The van der Waals surface area contributed by atoms with Crippen LogP contribution in [0.5, 0.6) is 0 Å². The summed E-state index contributed by atoms with van der Waals surface area (Å²) in [4.78, 5) is 72.8. The molecule has 0 amide bonds. The second kappa shape index (κ2) is 11.2. The third-order valence-electron chi connectivity index (χ3n) is 5.23. The monoisotopic (exact) mass is 520 g/mol. The minimum Gasteiger partial charge on any atom is -0.501 e. The molecule has 13 heteroatoms. The summed E-state index contributed by atoms with van der Waals surface area (Å²) in [5.74, 6) is -6.94. The first-order chi connectivity index (χ1) is 17.4. The maximum absolute atomic E-state index is 13.1. The van der Waals surface area contributed by atoms with E-state index >= 15 is 0 Å². The van der Waals surface area contributed by atoms with E-state index in [4.69, 9.17) is 28.4 Å². The summed E-state index contributed by atoms with van der Waals surface area (Å²) in [6, 6.07) is 5.69. The van der Waals surface area contributed by atoms with Gasteiger partial charge in [0, 0.05) is 38.8 Å². The molecule has 1 aromatic rings. The van der Waals surface area contributed by atoms with E-state index in [9.17, 15) is 33.9 Å². The molecular weight excluding hydrogens is 496 g/mol. The highest BCUT2D eigenvalue weighted by atomic mass is 16.7. The van der Waals surface area contributed by atoms with Crippen LogP contribution < -0.4 is 0 Å². The van der Waals surface area contributed by atoms with Gasteiger partial charge in [-0.3, -0.25) is 28.8 Å². The van der Waals surface area contributed by atoms with Crippen LogP contribution in [0.4, 0.5) is 0 Å². The number of aliphatic hydroxyl groups excluding tert-OH is 1. The van der Waals surface area contributed by atoms with Gasteiger partial charge in [-0.2, -0.15) is 0 Å². The number of fused-ring (bicyclic) bond motifs is 1. The summed E-state index contributed by atoms with van der Waals surface area (Å²) >= 11 is 0. The van der Waals surface area contributed by atoms with Crippen molar-refractivity contribution in [2.45, 2.75) is 58.4 Å². The lowest BCUT2D eigenvalue weighted by Crippen LogP contribution is -2.63. The number of carbonyl (C=O) groups is 6. The molecule has 0 aromatic heterocycles. The van der Waals surface area contributed by atoms with E-state index in [1.165, 1.54) is 24.3 Å². The molecule has 0 saturated carbocycles. The SMILES string of the molecule is CC(=O)OC[C@H]1O[C@@H](OC2=C(O)C(=O)c3ccccc3C2=O)[C@H](OC(C)=O)[C@@H](OC(C)=O)[C@@H]1OC(C)=O. The minimum absolute atomic E-state index is 0.0566. The second-order valence-corrected chi connectivity index (χ2v) is 8.07. The van der Waals surface area contributed by atoms with Crippen molar-refractivity contribution >= 4 is 35.4 Å². The van der Waals surface area contributed by atoms with Gasteiger partial charge in [0.2, 0.25) is 35.5 Å². The van der Waals surface area contributed by atoms with Crippen LogP contribution in [0.15, 0.2) is 35.8 Å². The van der Waals surface area contributed by atoms with Crippen molar-refractivity contribution in [3.63, 3.8) is 0 Å². The van der Waals surface area contributed by atoms with Gasteiger partial charge in [0.25, 0.3) is 0 Å². The summed E-state index contributed by atoms with van der Waals surface area (Å²) in [5.41, 5.74) is -0.121. The van der Waals surface area contributed by atoms with Gasteiger partial charge in [-0.1, -0.05) is 24.3 Å². The van der Waals surface area contributed by atoms with Crippen LogP contribution in [0.25, 0.3) is 0 Å². The van der Waals surface area contributed by atoms with Crippen LogP contribution in [0.1, 0.15) is 48.4 Å². The molecule has 2 aliphatic rings. The molecule has 37 heavy (non-hydrogen) atoms. The number of esters is 4. The molecule has 0 unspecified atom stereocenters. The van der Waals surface area contributed by atoms with Crippen molar-refractivity contribution in [1.82, 2.24) is 0 Å². The Balaban J connectivity index is 2.06. The molecule has 198 valence electrons. The predicted molar refractivity (Wildman–Crippen MR) is 118 cm³/mol. The van der Waals surface area contributed by atoms with Gasteiger partial charge >= 0.3 is 23.9 Å². The highest BCUT2D eigenvalue weighted by Crippen LogP contribution is 2.33. The number of hydrogen-bond acceptors (Lipinski definition) is 13. The predicted octanol–water partition coefficient (Wildman–Crippen LogP) is 0.935. The molecule has 13 nitrogen and oxygen atoms in total. The molecule has 1 heterocycles. The molecular formula is C24H24O13. The van der Waals surface area contributed by atoms with E-state index in [1.54, 1.807) is 0 Å². The van der Waals surface area contributed by atoms with Crippen LogP contribution in [0.3, 0.4) is 0 Å². The average molecular weight is 520 g/mol. The number of carbonyl (C=O) groups excluding carboxylic acids is 6. The van der Waals surface area contributed by atoms with Crippen LogP contribution in [0, 0.1) is 0 Å². The van der Waals surface area contributed by atoms with E-state index < -0.39 is 84.3 Å². The number of aliphatic hydroxyl groups is 1. The number of hydrogen-bond donors (Lipinski definition) is 1. The zero-order valence-electron chi connectivity index (χ0n) is 20.2. The van der Waals surface area contributed by atoms with Crippen molar-refractivity contribution in [1.29, 1.82) is 0 Å². The molecule has 1 aliphatic carbocycles. The van der Waals surface area contributed by atoms with Crippen LogP contribution >= 0.6 is 0 Å². The fourth-order valence-electron chi connectivity index (χ4n) is 3.85. The lowest BCUT2D eigenvalue weighted by molar-refractivity contribution is -0.299. The summed E-state index contributed by atoms with van der Waals surface area (Å²) < 4.78 is 32.1. The van der Waals surface area contributed by atoms with E-state index in [1.807, 2.05) is 0 Å². The first-order valence-corrected chi connectivity index (χ1v) is 11.0.